The molecular formula is C9H11N5OS. The van der Waals surface area contributed by atoms with E-state index in [0.29, 0.717) is 16.7 Å². The van der Waals surface area contributed by atoms with Crippen LogP contribution in [0.25, 0.3) is 11.2 Å². The van der Waals surface area contributed by atoms with Crippen molar-refractivity contribution in [2.45, 2.75) is 25.5 Å². The van der Waals surface area contributed by atoms with E-state index in [9.17, 15) is 0 Å². The molecule has 1 aliphatic heterocycles. The van der Waals surface area contributed by atoms with Crippen LogP contribution >= 0.6 is 12.2 Å². The molecule has 0 spiro atoms. The number of fused-ring (bicyclic) bond motifs is 1. The van der Waals surface area contributed by atoms with Crippen molar-refractivity contribution >= 4 is 23.4 Å². The summed E-state index contributed by atoms with van der Waals surface area (Å²) in [5.41, 5.74) is 1.46. The van der Waals surface area contributed by atoms with Crippen LogP contribution in [-0.2, 0) is 11.3 Å². The van der Waals surface area contributed by atoms with E-state index < -0.39 is 0 Å². The van der Waals surface area contributed by atoms with Gasteiger partial charge in [0.1, 0.15) is 0 Å². The quantitative estimate of drug-likeness (QED) is 0.791. The Balaban J connectivity index is 1.97. The third-order valence-electron chi connectivity index (χ3n) is 2.72. The predicted octanol–water partition coefficient (Wildman–Crippen LogP) is 1.06. The van der Waals surface area contributed by atoms with Crippen molar-refractivity contribution in [3.8, 4) is 0 Å². The van der Waals surface area contributed by atoms with Gasteiger partial charge in [-0.05, 0) is 12.8 Å². The summed E-state index contributed by atoms with van der Waals surface area (Å²) in [5, 5.41) is 8.09. The molecule has 1 fully saturated rings. The lowest BCUT2D eigenvalue weighted by atomic mass is 10.2. The second-order valence-corrected chi connectivity index (χ2v) is 4.20. The minimum Gasteiger partial charge on any atom is -0.376 e. The average molecular weight is 237 g/mol. The second-order valence-electron chi connectivity index (χ2n) is 3.81. The molecular weight excluding hydrogens is 226 g/mol. The molecule has 0 aromatic carbocycles. The first-order valence-electron chi connectivity index (χ1n) is 5.23. The topological polar surface area (TPSA) is 68.6 Å². The molecule has 1 N–H and O–H groups in total. The average Bonchev–Trinajstić information content (AvgIpc) is 2.90. The molecule has 7 heteroatoms. The molecule has 1 saturated heterocycles. The van der Waals surface area contributed by atoms with Crippen LogP contribution in [0, 0.1) is 4.64 Å². The molecule has 1 unspecified atom stereocenters. The highest BCUT2D eigenvalue weighted by atomic mass is 32.1. The Bertz CT molecular complexity index is 556. The van der Waals surface area contributed by atoms with Gasteiger partial charge < -0.3 is 9.72 Å². The maximum atomic E-state index is 5.56. The lowest BCUT2D eigenvalue weighted by Gasteiger charge is -2.08. The maximum Gasteiger partial charge on any atom is 0.166 e. The Morgan fingerprint density at radius 1 is 1.62 bits per heavy atom. The molecule has 1 aliphatic rings. The highest BCUT2D eigenvalue weighted by molar-refractivity contribution is 7.71. The highest BCUT2D eigenvalue weighted by Gasteiger charge is 2.18. The number of aromatic nitrogens is 5. The van der Waals surface area contributed by atoms with Gasteiger partial charge in [0.25, 0.3) is 0 Å². The summed E-state index contributed by atoms with van der Waals surface area (Å²) in [4.78, 5) is 6.98. The number of nitrogens with zero attached hydrogens (tertiary/aromatic N) is 4. The fourth-order valence-corrected chi connectivity index (χ4v) is 2.11. The molecule has 84 valence electrons. The van der Waals surface area contributed by atoms with Gasteiger partial charge in [-0.3, -0.25) is 0 Å². The van der Waals surface area contributed by atoms with Crippen LogP contribution in [0.5, 0.6) is 0 Å². The number of nitrogens with one attached hydrogen (secondary N) is 1. The van der Waals surface area contributed by atoms with E-state index in [4.69, 9.17) is 17.0 Å². The van der Waals surface area contributed by atoms with Crippen molar-refractivity contribution in [2.24, 2.45) is 0 Å². The number of hydrogen-bond donors (Lipinski definition) is 1. The molecule has 0 saturated carbocycles. The van der Waals surface area contributed by atoms with E-state index in [1.54, 1.807) is 11.0 Å². The van der Waals surface area contributed by atoms with E-state index >= 15 is 0 Å². The zero-order chi connectivity index (χ0) is 11.0. The van der Waals surface area contributed by atoms with Gasteiger partial charge in [0.2, 0.25) is 0 Å². The predicted molar refractivity (Wildman–Crippen MR) is 59.5 cm³/mol. The minimum atomic E-state index is 0.236. The molecule has 0 aliphatic carbocycles. The molecule has 2 aromatic heterocycles. The van der Waals surface area contributed by atoms with Crippen LogP contribution in [0.2, 0.25) is 0 Å². The first-order chi connectivity index (χ1) is 7.84. The van der Waals surface area contributed by atoms with Gasteiger partial charge in [-0.1, -0.05) is 17.4 Å². The van der Waals surface area contributed by atoms with Crippen LogP contribution in [0.3, 0.4) is 0 Å². The molecule has 3 heterocycles. The first kappa shape index (κ1) is 9.86. The van der Waals surface area contributed by atoms with Gasteiger partial charge in [-0.15, -0.1) is 5.10 Å². The zero-order valence-corrected chi connectivity index (χ0v) is 9.40. The summed E-state index contributed by atoms with van der Waals surface area (Å²) < 4.78 is 7.83. The Morgan fingerprint density at radius 3 is 3.38 bits per heavy atom. The van der Waals surface area contributed by atoms with E-state index in [0.717, 1.165) is 25.1 Å². The molecule has 6 nitrogen and oxygen atoms in total. The monoisotopic (exact) mass is 237 g/mol. The third-order valence-corrected chi connectivity index (χ3v) is 3.02. The molecule has 0 radical (unpaired) electrons. The van der Waals surface area contributed by atoms with Gasteiger partial charge in [0, 0.05) is 6.61 Å². The van der Waals surface area contributed by atoms with Crippen LogP contribution < -0.4 is 0 Å². The Kier molecular flexibility index (Phi) is 2.41. The van der Waals surface area contributed by atoms with Gasteiger partial charge in [-0.25, -0.2) is 9.67 Å². The number of rotatable bonds is 2. The van der Waals surface area contributed by atoms with E-state index in [2.05, 4.69) is 20.3 Å². The van der Waals surface area contributed by atoms with Crippen LogP contribution in [-0.4, -0.2) is 37.7 Å². The smallest absolute Gasteiger partial charge is 0.166 e. The Morgan fingerprint density at radius 2 is 2.56 bits per heavy atom. The number of aromatic amines is 1. The summed E-state index contributed by atoms with van der Waals surface area (Å²) in [6, 6.07) is 0. The number of ether oxygens (including phenoxy) is 1. The SMILES string of the molecule is S=c1nc[nH]c2c1nnn2CC1CCCO1. The highest BCUT2D eigenvalue weighted by Crippen LogP contribution is 2.15. The fraction of sp³-hybridized carbons (Fsp3) is 0.556. The van der Waals surface area contributed by atoms with Crippen LogP contribution in [0.1, 0.15) is 12.8 Å². The van der Waals surface area contributed by atoms with E-state index in [1.807, 2.05) is 0 Å². The summed E-state index contributed by atoms with van der Waals surface area (Å²) in [7, 11) is 0. The zero-order valence-electron chi connectivity index (χ0n) is 8.59. The third kappa shape index (κ3) is 1.61. The Labute approximate surface area is 96.6 Å². The van der Waals surface area contributed by atoms with Gasteiger partial charge in [0.05, 0.1) is 19.0 Å². The normalized spacial score (nSPS) is 20.6. The number of H-pyrrole nitrogens is 1. The van der Waals surface area contributed by atoms with Gasteiger partial charge in [0.15, 0.2) is 15.8 Å². The summed E-state index contributed by atoms with van der Waals surface area (Å²) in [6.45, 7) is 1.56. The summed E-state index contributed by atoms with van der Waals surface area (Å²) in [6.07, 6.45) is 4.00. The molecule has 1 atom stereocenters. The maximum absolute atomic E-state index is 5.56. The van der Waals surface area contributed by atoms with Gasteiger partial charge in [-0.2, -0.15) is 0 Å². The largest absolute Gasteiger partial charge is 0.376 e. The molecule has 0 bridgehead atoms. The van der Waals surface area contributed by atoms with Crippen molar-refractivity contribution in [1.29, 1.82) is 0 Å². The Hall–Kier alpha value is -1.34. The van der Waals surface area contributed by atoms with Crippen molar-refractivity contribution in [3.05, 3.63) is 11.0 Å². The van der Waals surface area contributed by atoms with Crippen molar-refractivity contribution in [3.63, 3.8) is 0 Å². The van der Waals surface area contributed by atoms with Gasteiger partial charge >= 0.3 is 0 Å². The second kappa shape index (κ2) is 3.91. The van der Waals surface area contributed by atoms with Crippen molar-refractivity contribution in [2.75, 3.05) is 6.61 Å². The fourth-order valence-electron chi connectivity index (χ4n) is 1.92. The molecule has 2 aromatic rings. The minimum absolute atomic E-state index is 0.236. The first-order valence-corrected chi connectivity index (χ1v) is 5.64. The van der Waals surface area contributed by atoms with Crippen molar-refractivity contribution in [1.82, 2.24) is 25.0 Å². The summed E-state index contributed by atoms with van der Waals surface area (Å²) >= 11 is 5.07. The molecule has 16 heavy (non-hydrogen) atoms. The van der Waals surface area contributed by atoms with Crippen LogP contribution in [0.15, 0.2) is 6.33 Å². The standard InChI is InChI=1S/C9H11N5OS/c16-9-7-8(10-5-11-9)14(13-12-7)4-6-2-1-3-15-6/h5-6H,1-4H2,(H,10,11,16). The molecule has 0 amide bonds. The lowest BCUT2D eigenvalue weighted by Crippen LogP contribution is -2.16. The summed E-state index contributed by atoms with van der Waals surface area (Å²) in [5.74, 6) is 0. The van der Waals surface area contributed by atoms with Crippen LogP contribution in [0.4, 0.5) is 0 Å². The lowest BCUT2D eigenvalue weighted by molar-refractivity contribution is 0.0944. The number of hydrogen-bond acceptors (Lipinski definition) is 5. The molecule has 3 rings (SSSR count). The van der Waals surface area contributed by atoms with E-state index in [-0.39, 0.29) is 6.10 Å². The van der Waals surface area contributed by atoms with Crippen molar-refractivity contribution < 1.29 is 4.74 Å². The van der Waals surface area contributed by atoms with E-state index in [1.165, 1.54) is 0 Å².